The molecule has 17 heavy (non-hydrogen) atoms. The first-order valence-corrected chi connectivity index (χ1v) is 4.47. The first-order valence-electron chi connectivity index (χ1n) is 4.47. The van der Waals surface area contributed by atoms with E-state index in [0.29, 0.717) is 0 Å². The van der Waals surface area contributed by atoms with Crippen molar-refractivity contribution >= 4 is 17.9 Å². The number of rotatable bonds is 6. The molecule has 0 aliphatic heterocycles. The van der Waals surface area contributed by atoms with E-state index in [0.717, 1.165) is 4.90 Å². The highest BCUT2D eigenvalue weighted by Crippen LogP contribution is 2.42. The van der Waals surface area contributed by atoms with Crippen molar-refractivity contribution < 1.29 is 34.7 Å². The SMILES string of the molecule is N.O=C(O)CN(CC(=O)O)C1(C(=O)OO)CC1. The molecule has 9 heteroatoms. The predicted molar refractivity (Wildman–Crippen MR) is 52.6 cm³/mol. The first-order chi connectivity index (χ1) is 7.42. The molecular weight excluding hydrogens is 236 g/mol. The van der Waals surface area contributed by atoms with E-state index in [1.807, 2.05) is 0 Å². The van der Waals surface area contributed by atoms with Gasteiger partial charge in [0, 0.05) is 0 Å². The van der Waals surface area contributed by atoms with Crippen molar-refractivity contribution in [3.8, 4) is 0 Å². The van der Waals surface area contributed by atoms with Crippen LogP contribution in [0.25, 0.3) is 0 Å². The van der Waals surface area contributed by atoms with E-state index >= 15 is 0 Å². The first kappa shape index (κ1) is 15.3. The molecule has 0 aromatic rings. The van der Waals surface area contributed by atoms with Gasteiger partial charge in [0.2, 0.25) is 0 Å². The molecule has 1 saturated carbocycles. The van der Waals surface area contributed by atoms with Crippen molar-refractivity contribution in [2.75, 3.05) is 13.1 Å². The van der Waals surface area contributed by atoms with Gasteiger partial charge >= 0.3 is 17.9 Å². The van der Waals surface area contributed by atoms with Gasteiger partial charge in [0.25, 0.3) is 0 Å². The van der Waals surface area contributed by atoms with Gasteiger partial charge < -0.3 is 16.4 Å². The van der Waals surface area contributed by atoms with Gasteiger partial charge in [0.1, 0.15) is 5.54 Å². The summed E-state index contributed by atoms with van der Waals surface area (Å²) in [7, 11) is 0. The standard InChI is InChI=1S/C8H11NO7.H3N/c10-5(11)3-9(4-6(12)13)8(1-2-8)7(14)16-15;/h15H,1-4H2,(H,10,11)(H,12,13);1H3. The molecule has 0 aromatic heterocycles. The summed E-state index contributed by atoms with van der Waals surface area (Å²) in [5, 5.41) is 25.4. The van der Waals surface area contributed by atoms with Crippen molar-refractivity contribution in [3.05, 3.63) is 0 Å². The van der Waals surface area contributed by atoms with Crippen molar-refractivity contribution in [2.24, 2.45) is 0 Å². The molecule has 1 fully saturated rings. The average molecular weight is 250 g/mol. The van der Waals surface area contributed by atoms with Gasteiger partial charge in [-0.15, -0.1) is 0 Å². The Kier molecular flexibility index (Phi) is 5.01. The smallest absolute Gasteiger partial charge is 0.362 e. The van der Waals surface area contributed by atoms with Crippen LogP contribution in [0.15, 0.2) is 0 Å². The van der Waals surface area contributed by atoms with Gasteiger partial charge in [0.15, 0.2) is 0 Å². The van der Waals surface area contributed by atoms with Crippen molar-refractivity contribution in [2.45, 2.75) is 18.4 Å². The maximum absolute atomic E-state index is 11.2. The van der Waals surface area contributed by atoms with E-state index in [1.165, 1.54) is 0 Å². The van der Waals surface area contributed by atoms with Crippen LogP contribution in [0.5, 0.6) is 0 Å². The van der Waals surface area contributed by atoms with Gasteiger partial charge in [-0.25, -0.2) is 4.79 Å². The predicted octanol–water partition coefficient (Wildman–Crippen LogP) is -0.832. The number of carbonyl (C=O) groups excluding carboxylic acids is 1. The third-order valence-electron chi connectivity index (χ3n) is 2.44. The molecule has 0 radical (unpaired) electrons. The molecule has 1 aliphatic carbocycles. The summed E-state index contributed by atoms with van der Waals surface area (Å²) in [6, 6.07) is 0. The lowest BCUT2D eigenvalue weighted by Gasteiger charge is -2.25. The molecule has 9 nitrogen and oxygen atoms in total. The Morgan fingerprint density at radius 1 is 1.12 bits per heavy atom. The number of hydrogen-bond acceptors (Lipinski definition) is 7. The van der Waals surface area contributed by atoms with E-state index in [4.69, 9.17) is 15.5 Å². The Bertz CT molecular complexity index is 310. The highest BCUT2D eigenvalue weighted by Gasteiger charge is 2.57. The summed E-state index contributed by atoms with van der Waals surface area (Å²) in [6.45, 7) is -1.19. The number of carboxylic acids is 2. The second-order valence-corrected chi connectivity index (χ2v) is 3.55. The molecule has 6 N–H and O–H groups in total. The summed E-state index contributed by atoms with van der Waals surface area (Å²) >= 11 is 0. The third-order valence-corrected chi connectivity index (χ3v) is 2.44. The van der Waals surface area contributed by atoms with E-state index in [-0.39, 0.29) is 19.0 Å². The highest BCUT2D eigenvalue weighted by atomic mass is 17.1. The molecule has 98 valence electrons. The fraction of sp³-hybridized carbons (Fsp3) is 0.625. The molecule has 1 aliphatic rings. The lowest BCUT2D eigenvalue weighted by atomic mass is 10.2. The van der Waals surface area contributed by atoms with Crippen molar-refractivity contribution in [1.29, 1.82) is 0 Å². The fourth-order valence-corrected chi connectivity index (χ4v) is 1.54. The second kappa shape index (κ2) is 5.57. The molecule has 0 amide bonds. The maximum atomic E-state index is 11.2. The van der Waals surface area contributed by atoms with Crippen LogP contribution < -0.4 is 6.15 Å². The van der Waals surface area contributed by atoms with Crippen LogP contribution >= 0.6 is 0 Å². The molecule has 0 atom stereocenters. The Labute approximate surface area is 96.1 Å². The lowest BCUT2D eigenvalue weighted by Crippen LogP contribution is -2.49. The van der Waals surface area contributed by atoms with Crippen LogP contribution in [0.1, 0.15) is 12.8 Å². The number of carbonyl (C=O) groups is 3. The number of carboxylic acid groups (broad SMARTS) is 2. The summed E-state index contributed by atoms with van der Waals surface area (Å²) in [4.78, 5) is 36.8. The van der Waals surface area contributed by atoms with Crippen LogP contribution in [0, 0.1) is 0 Å². The highest BCUT2D eigenvalue weighted by molar-refractivity contribution is 5.85. The van der Waals surface area contributed by atoms with Gasteiger partial charge in [0.05, 0.1) is 13.1 Å². The van der Waals surface area contributed by atoms with E-state index in [2.05, 4.69) is 4.89 Å². The molecule has 0 heterocycles. The van der Waals surface area contributed by atoms with Gasteiger partial charge in [-0.3, -0.25) is 19.4 Å². The second-order valence-electron chi connectivity index (χ2n) is 3.55. The lowest BCUT2D eigenvalue weighted by molar-refractivity contribution is -0.241. The molecule has 0 saturated heterocycles. The molecule has 0 aromatic carbocycles. The largest absolute Gasteiger partial charge is 0.480 e. The van der Waals surface area contributed by atoms with Crippen LogP contribution in [-0.4, -0.2) is 56.9 Å². The number of hydrogen-bond donors (Lipinski definition) is 4. The number of aliphatic carboxylic acids is 2. The Hall–Kier alpha value is -1.71. The minimum absolute atomic E-state index is 0. The minimum Gasteiger partial charge on any atom is -0.480 e. The van der Waals surface area contributed by atoms with Crippen LogP contribution in [0.2, 0.25) is 0 Å². The third kappa shape index (κ3) is 3.37. The molecular formula is C8H14N2O7. The zero-order valence-electron chi connectivity index (χ0n) is 8.96. The summed E-state index contributed by atoms with van der Waals surface area (Å²) in [6.07, 6.45) is 0.542. The topological polar surface area (TPSA) is 159 Å². The zero-order chi connectivity index (χ0) is 12.3. The van der Waals surface area contributed by atoms with Crippen LogP contribution in [0.4, 0.5) is 0 Å². The Balaban J connectivity index is 0.00000256. The van der Waals surface area contributed by atoms with E-state index < -0.39 is 36.5 Å². The average Bonchev–Trinajstić information content (AvgIpc) is 2.95. The Morgan fingerprint density at radius 3 is 1.76 bits per heavy atom. The monoisotopic (exact) mass is 250 g/mol. The van der Waals surface area contributed by atoms with Crippen molar-refractivity contribution in [3.63, 3.8) is 0 Å². The fourth-order valence-electron chi connectivity index (χ4n) is 1.54. The summed E-state index contributed by atoms with van der Waals surface area (Å²) in [5.74, 6) is -3.52. The molecule has 1 rings (SSSR count). The van der Waals surface area contributed by atoms with Gasteiger partial charge in [-0.05, 0) is 12.8 Å². The van der Waals surface area contributed by atoms with Crippen molar-refractivity contribution in [1.82, 2.24) is 11.1 Å². The normalized spacial score (nSPS) is 15.9. The molecule has 0 spiro atoms. The van der Waals surface area contributed by atoms with E-state index in [1.54, 1.807) is 0 Å². The quantitative estimate of drug-likeness (QED) is 0.348. The summed E-state index contributed by atoms with van der Waals surface area (Å²) in [5.41, 5.74) is -1.30. The van der Waals surface area contributed by atoms with Crippen LogP contribution in [0.3, 0.4) is 0 Å². The maximum Gasteiger partial charge on any atom is 0.362 e. The zero-order valence-corrected chi connectivity index (χ0v) is 8.96. The molecule has 0 bridgehead atoms. The van der Waals surface area contributed by atoms with Crippen LogP contribution in [-0.2, 0) is 19.3 Å². The minimum atomic E-state index is -1.30. The van der Waals surface area contributed by atoms with Gasteiger partial charge in [-0.2, -0.15) is 5.26 Å². The van der Waals surface area contributed by atoms with E-state index in [9.17, 15) is 14.4 Å². The summed E-state index contributed by atoms with van der Waals surface area (Å²) < 4.78 is 0. The number of nitrogens with zero attached hydrogens (tertiary/aromatic N) is 1. The Morgan fingerprint density at radius 2 is 1.53 bits per heavy atom. The van der Waals surface area contributed by atoms with Gasteiger partial charge in [-0.1, -0.05) is 0 Å². The molecule has 0 unspecified atom stereocenters.